The van der Waals surface area contributed by atoms with Crippen molar-refractivity contribution in [3.8, 4) is 0 Å². The van der Waals surface area contributed by atoms with Crippen molar-refractivity contribution in [2.24, 2.45) is 5.73 Å². The third-order valence-corrected chi connectivity index (χ3v) is 1.42. The molecule has 0 aliphatic carbocycles. The lowest BCUT2D eigenvalue weighted by molar-refractivity contribution is -0.524. The van der Waals surface area contributed by atoms with E-state index in [-0.39, 0.29) is 4.92 Å². The minimum absolute atomic E-state index is 0.240. The zero-order valence-corrected chi connectivity index (χ0v) is 6.25. The third-order valence-electron chi connectivity index (χ3n) is 1.42. The molecule has 0 saturated carbocycles. The molecule has 0 rings (SSSR count). The molecule has 0 aromatic carbocycles. The molecule has 0 aromatic heterocycles. The Labute approximate surface area is 60.6 Å². The Morgan fingerprint density at radius 1 is 1.60 bits per heavy atom. The van der Waals surface area contributed by atoms with Gasteiger partial charge >= 0.3 is 0 Å². The summed E-state index contributed by atoms with van der Waals surface area (Å²) in [5, 5.41) is 10.2. The van der Waals surface area contributed by atoms with E-state index in [0.717, 1.165) is 6.42 Å². The highest BCUT2D eigenvalue weighted by Gasteiger charge is 2.16. The molecule has 2 N–H and O–H groups in total. The number of hydrogen-bond acceptors (Lipinski definition) is 3. The van der Waals surface area contributed by atoms with Crippen molar-refractivity contribution in [1.82, 2.24) is 0 Å². The van der Waals surface area contributed by atoms with Gasteiger partial charge in [-0.25, -0.2) is 0 Å². The Morgan fingerprint density at radius 2 is 2.20 bits per heavy atom. The Morgan fingerprint density at radius 3 is 2.50 bits per heavy atom. The van der Waals surface area contributed by atoms with E-state index in [9.17, 15) is 10.1 Å². The van der Waals surface area contributed by atoms with Crippen molar-refractivity contribution in [2.75, 3.05) is 6.54 Å². The highest BCUT2D eigenvalue weighted by Crippen LogP contribution is 2.03. The number of rotatable bonds is 5. The minimum atomic E-state index is -0.421. The summed E-state index contributed by atoms with van der Waals surface area (Å²) < 4.78 is 0. The summed E-state index contributed by atoms with van der Waals surface area (Å²) in [5.74, 6) is 0. The Hall–Kier alpha value is -0.640. The lowest BCUT2D eigenvalue weighted by Crippen LogP contribution is -2.22. The van der Waals surface area contributed by atoms with Gasteiger partial charge in [-0.15, -0.1) is 0 Å². The molecule has 0 fully saturated rings. The van der Waals surface area contributed by atoms with E-state index in [1.165, 1.54) is 0 Å². The Kier molecular flexibility index (Phi) is 4.84. The van der Waals surface area contributed by atoms with Crippen LogP contribution in [0.5, 0.6) is 0 Å². The molecule has 1 atom stereocenters. The SMILES string of the molecule is CCCC(CCN)[N+](=O)[O-]. The van der Waals surface area contributed by atoms with E-state index in [1.807, 2.05) is 6.92 Å². The van der Waals surface area contributed by atoms with Crippen LogP contribution in [0.4, 0.5) is 0 Å². The van der Waals surface area contributed by atoms with Gasteiger partial charge in [0.25, 0.3) is 0 Å². The standard InChI is InChI=1S/C6H14N2O2/c1-2-3-6(4-5-7)8(9)10/h6H,2-5,7H2,1H3. The zero-order valence-electron chi connectivity index (χ0n) is 6.25. The highest BCUT2D eigenvalue weighted by molar-refractivity contribution is 4.55. The van der Waals surface area contributed by atoms with E-state index in [4.69, 9.17) is 5.73 Å². The van der Waals surface area contributed by atoms with Gasteiger partial charge in [0.2, 0.25) is 6.04 Å². The fourth-order valence-electron chi connectivity index (χ4n) is 0.881. The fraction of sp³-hybridized carbons (Fsp3) is 1.00. The second kappa shape index (κ2) is 5.17. The lowest BCUT2D eigenvalue weighted by Gasteiger charge is -2.04. The Balaban J connectivity index is 3.61. The van der Waals surface area contributed by atoms with Crippen molar-refractivity contribution in [3.05, 3.63) is 10.1 Å². The van der Waals surface area contributed by atoms with E-state index in [2.05, 4.69) is 0 Å². The second-order valence-corrected chi connectivity index (χ2v) is 2.31. The van der Waals surface area contributed by atoms with Crippen LogP contribution in [-0.2, 0) is 0 Å². The van der Waals surface area contributed by atoms with E-state index in [1.54, 1.807) is 0 Å². The molecule has 0 spiro atoms. The highest BCUT2D eigenvalue weighted by atomic mass is 16.6. The predicted octanol–water partition coefficient (Wildman–Crippen LogP) is 0.781. The first-order valence-corrected chi connectivity index (χ1v) is 3.56. The maximum absolute atomic E-state index is 10.2. The van der Waals surface area contributed by atoms with Crippen LogP contribution in [0.3, 0.4) is 0 Å². The molecule has 0 aliphatic rings. The van der Waals surface area contributed by atoms with Gasteiger partial charge in [-0.2, -0.15) is 0 Å². The first-order chi connectivity index (χ1) is 4.72. The number of nitrogens with zero attached hydrogens (tertiary/aromatic N) is 1. The largest absolute Gasteiger partial charge is 0.330 e. The van der Waals surface area contributed by atoms with Crippen LogP contribution in [0.25, 0.3) is 0 Å². The van der Waals surface area contributed by atoms with Gasteiger partial charge in [0.15, 0.2) is 0 Å². The zero-order chi connectivity index (χ0) is 7.98. The van der Waals surface area contributed by atoms with Crippen molar-refractivity contribution < 1.29 is 4.92 Å². The Bertz CT molecular complexity index is 99.9. The maximum atomic E-state index is 10.2. The van der Waals surface area contributed by atoms with E-state index < -0.39 is 6.04 Å². The summed E-state index contributed by atoms with van der Waals surface area (Å²) in [7, 11) is 0. The van der Waals surface area contributed by atoms with E-state index in [0.29, 0.717) is 19.4 Å². The molecule has 0 amide bonds. The summed E-state index contributed by atoms with van der Waals surface area (Å²) in [6.07, 6.45) is 2.00. The monoisotopic (exact) mass is 146 g/mol. The minimum Gasteiger partial charge on any atom is -0.330 e. The molecule has 0 saturated heterocycles. The first-order valence-electron chi connectivity index (χ1n) is 3.56. The van der Waals surface area contributed by atoms with Crippen molar-refractivity contribution in [2.45, 2.75) is 32.2 Å². The number of nitrogens with two attached hydrogens (primary N) is 1. The summed E-state index contributed by atoms with van der Waals surface area (Å²) in [6.45, 7) is 2.35. The molecular weight excluding hydrogens is 132 g/mol. The van der Waals surface area contributed by atoms with Crippen LogP contribution in [0.1, 0.15) is 26.2 Å². The molecule has 0 aliphatic heterocycles. The summed E-state index contributed by atoms with van der Waals surface area (Å²) >= 11 is 0. The molecular formula is C6H14N2O2. The van der Waals surface area contributed by atoms with Crippen LogP contribution in [0.15, 0.2) is 0 Å². The number of nitro groups is 1. The van der Waals surface area contributed by atoms with Gasteiger partial charge in [0.05, 0.1) is 0 Å². The van der Waals surface area contributed by atoms with Gasteiger partial charge in [-0.3, -0.25) is 10.1 Å². The molecule has 4 nitrogen and oxygen atoms in total. The smallest absolute Gasteiger partial charge is 0.214 e. The normalized spacial score (nSPS) is 13.0. The second-order valence-electron chi connectivity index (χ2n) is 2.31. The molecule has 0 bridgehead atoms. The van der Waals surface area contributed by atoms with E-state index >= 15 is 0 Å². The van der Waals surface area contributed by atoms with Crippen LogP contribution in [-0.4, -0.2) is 17.5 Å². The van der Waals surface area contributed by atoms with Gasteiger partial charge < -0.3 is 5.73 Å². The number of hydrogen-bond donors (Lipinski definition) is 1. The van der Waals surface area contributed by atoms with Crippen molar-refractivity contribution >= 4 is 0 Å². The first kappa shape index (κ1) is 9.36. The van der Waals surface area contributed by atoms with Gasteiger partial charge in [0, 0.05) is 17.8 Å². The average Bonchev–Trinajstić information content (AvgIpc) is 1.87. The maximum Gasteiger partial charge on any atom is 0.214 e. The lowest BCUT2D eigenvalue weighted by atomic mass is 10.1. The molecule has 4 heteroatoms. The molecule has 0 heterocycles. The fourth-order valence-corrected chi connectivity index (χ4v) is 0.881. The third kappa shape index (κ3) is 3.40. The predicted molar refractivity (Wildman–Crippen MR) is 39.4 cm³/mol. The topological polar surface area (TPSA) is 69.2 Å². The summed E-state index contributed by atoms with van der Waals surface area (Å²) in [6, 6.07) is -0.421. The molecule has 10 heavy (non-hydrogen) atoms. The van der Waals surface area contributed by atoms with Crippen LogP contribution in [0.2, 0.25) is 0 Å². The molecule has 1 unspecified atom stereocenters. The van der Waals surface area contributed by atoms with Crippen LogP contribution < -0.4 is 5.73 Å². The summed E-state index contributed by atoms with van der Waals surface area (Å²) in [5.41, 5.74) is 5.19. The molecule has 60 valence electrons. The van der Waals surface area contributed by atoms with Gasteiger partial charge in [-0.05, 0) is 13.0 Å². The van der Waals surface area contributed by atoms with Crippen LogP contribution >= 0.6 is 0 Å². The summed E-state index contributed by atoms with van der Waals surface area (Å²) in [4.78, 5) is 9.99. The van der Waals surface area contributed by atoms with Gasteiger partial charge in [-0.1, -0.05) is 6.92 Å². The van der Waals surface area contributed by atoms with Crippen molar-refractivity contribution in [1.29, 1.82) is 0 Å². The molecule has 0 aromatic rings. The molecule has 0 radical (unpaired) electrons. The average molecular weight is 146 g/mol. The van der Waals surface area contributed by atoms with Crippen LogP contribution in [0, 0.1) is 10.1 Å². The quantitative estimate of drug-likeness (QED) is 0.460. The van der Waals surface area contributed by atoms with Gasteiger partial charge in [0.1, 0.15) is 0 Å². The van der Waals surface area contributed by atoms with Crippen molar-refractivity contribution in [3.63, 3.8) is 0 Å².